The largest absolute Gasteiger partial charge is 0.343 e. The predicted octanol–water partition coefficient (Wildman–Crippen LogP) is -0.471. The van der Waals surface area contributed by atoms with Crippen LogP contribution in [-0.2, 0) is 11.3 Å². The Labute approximate surface area is 108 Å². The van der Waals surface area contributed by atoms with Gasteiger partial charge in [-0.2, -0.15) is 0 Å². The van der Waals surface area contributed by atoms with Crippen molar-refractivity contribution in [1.82, 2.24) is 25.4 Å². The number of amides is 3. The van der Waals surface area contributed by atoms with Crippen LogP contribution in [0.2, 0.25) is 0 Å². The van der Waals surface area contributed by atoms with Gasteiger partial charge in [0.05, 0.1) is 5.75 Å². The lowest BCUT2D eigenvalue weighted by Gasteiger charge is -2.04. The molecule has 100 valence electrons. The van der Waals surface area contributed by atoms with Crippen molar-refractivity contribution in [2.24, 2.45) is 0 Å². The molecule has 1 heterocycles. The van der Waals surface area contributed by atoms with Crippen molar-refractivity contribution in [3.63, 3.8) is 0 Å². The number of nitrogens with one attached hydrogen (secondary N) is 3. The van der Waals surface area contributed by atoms with Crippen LogP contribution < -0.4 is 16.3 Å². The normalized spacial score (nSPS) is 10.1. The summed E-state index contributed by atoms with van der Waals surface area (Å²) < 4.78 is 1.46. The lowest BCUT2D eigenvalue weighted by molar-refractivity contribution is -0.117. The fourth-order valence-electron chi connectivity index (χ4n) is 1.19. The van der Waals surface area contributed by atoms with Crippen LogP contribution in [0.3, 0.4) is 0 Å². The van der Waals surface area contributed by atoms with Crippen molar-refractivity contribution < 1.29 is 9.59 Å². The Morgan fingerprint density at radius 1 is 1.50 bits per heavy atom. The third-order valence-corrected chi connectivity index (χ3v) is 2.96. The van der Waals surface area contributed by atoms with Crippen molar-refractivity contribution in [2.75, 3.05) is 12.8 Å². The summed E-state index contributed by atoms with van der Waals surface area (Å²) in [4.78, 5) is 33.6. The molecular weight excluding hydrogens is 258 g/mol. The van der Waals surface area contributed by atoms with E-state index in [0.717, 1.165) is 18.2 Å². The first-order valence-corrected chi connectivity index (χ1v) is 6.36. The van der Waals surface area contributed by atoms with E-state index in [1.165, 1.54) is 11.6 Å². The molecule has 0 unspecified atom stereocenters. The van der Waals surface area contributed by atoms with Crippen LogP contribution in [0.1, 0.15) is 13.3 Å². The van der Waals surface area contributed by atoms with Crippen molar-refractivity contribution in [1.29, 1.82) is 0 Å². The van der Waals surface area contributed by atoms with Gasteiger partial charge in [-0.1, -0.05) is 18.7 Å². The maximum atomic E-state index is 11.4. The minimum absolute atomic E-state index is 0.0153. The molecule has 9 heteroatoms. The molecule has 0 aliphatic rings. The number of aromatic nitrogens is 3. The molecule has 1 aromatic heterocycles. The van der Waals surface area contributed by atoms with Gasteiger partial charge in [0.1, 0.15) is 0 Å². The van der Waals surface area contributed by atoms with E-state index in [4.69, 9.17) is 0 Å². The van der Waals surface area contributed by atoms with Crippen molar-refractivity contribution >= 4 is 23.7 Å². The molecule has 3 N–H and O–H groups in total. The molecule has 3 amide bonds. The van der Waals surface area contributed by atoms with Crippen LogP contribution in [0, 0.1) is 0 Å². The quantitative estimate of drug-likeness (QED) is 0.628. The highest BCUT2D eigenvalue weighted by Gasteiger charge is 2.11. The van der Waals surface area contributed by atoms with Crippen molar-refractivity contribution in [2.45, 2.75) is 25.0 Å². The molecular formula is C9H15N5O3S. The second kappa shape index (κ2) is 6.84. The monoisotopic (exact) mass is 273 g/mol. The number of rotatable bonds is 5. The number of hydrogen-bond donors (Lipinski definition) is 3. The van der Waals surface area contributed by atoms with Gasteiger partial charge in [0.2, 0.25) is 5.91 Å². The number of carbonyl (C=O) groups excluding carboxylic acids is 2. The summed E-state index contributed by atoms with van der Waals surface area (Å²) in [5, 5.41) is 11.0. The molecule has 0 spiro atoms. The SMILES string of the molecule is CCCn1c(SCC(=O)NC(=O)NC)n[nH]c1=O. The maximum absolute atomic E-state index is 11.4. The molecule has 1 rings (SSSR count). The third kappa shape index (κ3) is 3.91. The lowest BCUT2D eigenvalue weighted by Crippen LogP contribution is -2.38. The molecule has 1 aromatic rings. The van der Waals surface area contributed by atoms with Gasteiger partial charge in [-0.3, -0.25) is 14.7 Å². The number of urea groups is 1. The Morgan fingerprint density at radius 2 is 2.22 bits per heavy atom. The summed E-state index contributed by atoms with van der Waals surface area (Å²) in [6.07, 6.45) is 0.789. The molecule has 0 atom stereocenters. The summed E-state index contributed by atoms with van der Waals surface area (Å²) in [7, 11) is 1.42. The Balaban J connectivity index is 2.55. The second-order valence-electron chi connectivity index (χ2n) is 3.38. The van der Waals surface area contributed by atoms with Crippen LogP contribution in [0.25, 0.3) is 0 Å². The predicted molar refractivity (Wildman–Crippen MR) is 66.5 cm³/mol. The molecule has 0 bridgehead atoms. The maximum Gasteiger partial charge on any atom is 0.343 e. The highest BCUT2D eigenvalue weighted by atomic mass is 32.2. The smallest absolute Gasteiger partial charge is 0.341 e. The number of hydrogen-bond acceptors (Lipinski definition) is 5. The molecule has 0 aromatic carbocycles. The van der Waals surface area contributed by atoms with Gasteiger partial charge in [-0.15, -0.1) is 5.10 Å². The third-order valence-electron chi connectivity index (χ3n) is 1.98. The molecule has 0 radical (unpaired) electrons. The Kier molecular flexibility index (Phi) is 5.43. The van der Waals surface area contributed by atoms with E-state index in [1.807, 2.05) is 6.92 Å². The van der Waals surface area contributed by atoms with Gasteiger partial charge < -0.3 is 5.32 Å². The lowest BCUT2D eigenvalue weighted by atomic mass is 10.5. The van der Waals surface area contributed by atoms with Crippen LogP contribution >= 0.6 is 11.8 Å². The zero-order valence-electron chi connectivity index (χ0n) is 10.1. The van der Waals surface area contributed by atoms with E-state index >= 15 is 0 Å². The fraction of sp³-hybridized carbons (Fsp3) is 0.556. The van der Waals surface area contributed by atoms with E-state index < -0.39 is 11.9 Å². The number of thioether (sulfide) groups is 1. The van der Waals surface area contributed by atoms with E-state index in [0.29, 0.717) is 11.7 Å². The zero-order chi connectivity index (χ0) is 13.5. The topological polar surface area (TPSA) is 109 Å². The number of imide groups is 1. The van der Waals surface area contributed by atoms with Crippen LogP contribution in [0.4, 0.5) is 4.79 Å². The number of nitrogens with zero attached hydrogens (tertiary/aromatic N) is 2. The summed E-state index contributed by atoms with van der Waals surface area (Å²) >= 11 is 1.10. The number of aromatic amines is 1. The van der Waals surface area contributed by atoms with Gasteiger partial charge in [-0.05, 0) is 6.42 Å². The van der Waals surface area contributed by atoms with Gasteiger partial charge in [0.25, 0.3) is 0 Å². The van der Waals surface area contributed by atoms with E-state index in [9.17, 15) is 14.4 Å². The van der Waals surface area contributed by atoms with E-state index in [1.54, 1.807) is 0 Å². The van der Waals surface area contributed by atoms with Gasteiger partial charge in [-0.25, -0.2) is 14.7 Å². The molecule has 0 saturated carbocycles. The second-order valence-corrected chi connectivity index (χ2v) is 4.32. The number of H-pyrrole nitrogens is 1. The molecule has 18 heavy (non-hydrogen) atoms. The van der Waals surface area contributed by atoms with Crippen LogP contribution in [-0.4, -0.2) is 39.5 Å². The average molecular weight is 273 g/mol. The standard InChI is InChI=1S/C9H15N5O3S/c1-3-4-14-8(17)12-13-9(14)18-5-6(15)11-7(16)10-2/h3-5H2,1-2H3,(H,12,17)(H2,10,11,15,16). The summed E-state index contributed by atoms with van der Waals surface area (Å²) in [6, 6.07) is -0.562. The van der Waals surface area contributed by atoms with Crippen molar-refractivity contribution in [3.8, 4) is 0 Å². The first kappa shape index (κ1) is 14.3. The van der Waals surface area contributed by atoms with Gasteiger partial charge >= 0.3 is 11.7 Å². The Hall–Kier alpha value is -1.77. The molecule has 0 fully saturated rings. The summed E-state index contributed by atoms with van der Waals surface area (Å²) in [5.74, 6) is -0.431. The minimum Gasteiger partial charge on any atom is -0.341 e. The van der Waals surface area contributed by atoms with Gasteiger partial charge in [0, 0.05) is 13.6 Å². The Morgan fingerprint density at radius 3 is 2.83 bits per heavy atom. The van der Waals surface area contributed by atoms with Crippen LogP contribution in [0.15, 0.2) is 9.95 Å². The van der Waals surface area contributed by atoms with E-state index in [-0.39, 0.29) is 11.4 Å². The summed E-state index contributed by atoms with van der Waals surface area (Å²) in [6.45, 7) is 2.47. The van der Waals surface area contributed by atoms with Crippen LogP contribution in [0.5, 0.6) is 0 Å². The Bertz CT molecular complexity index is 481. The highest BCUT2D eigenvalue weighted by molar-refractivity contribution is 7.99. The zero-order valence-corrected chi connectivity index (χ0v) is 11.0. The molecule has 0 aliphatic heterocycles. The molecule has 0 saturated heterocycles. The molecule has 0 aliphatic carbocycles. The molecule has 8 nitrogen and oxygen atoms in total. The van der Waals surface area contributed by atoms with Crippen molar-refractivity contribution in [3.05, 3.63) is 10.5 Å². The first-order chi connectivity index (χ1) is 8.58. The average Bonchev–Trinajstić information content (AvgIpc) is 2.69. The van der Waals surface area contributed by atoms with E-state index in [2.05, 4.69) is 20.8 Å². The van der Waals surface area contributed by atoms with Gasteiger partial charge in [0.15, 0.2) is 5.16 Å². The summed E-state index contributed by atoms with van der Waals surface area (Å²) in [5.41, 5.74) is -0.300. The minimum atomic E-state index is -0.562. The first-order valence-electron chi connectivity index (χ1n) is 5.38. The highest BCUT2D eigenvalue weighted by Crippen LogP contribution is 2.12. The number of carbonyl (C=O) groups is 2. The fourth-order valence-corrected chi connectivity index (χ4v) is 1.96.